The van der Waals surface area contributed by atoms with E-state index in [2.05, 4.69) is 25.7 Å². The van der Waals surface area contributed by atoms with Crippen molar-refractivity contribution in [3.8, 4) is 0 Å². The molecule has 0 unspecified atom stereocenters. The summed E-state index contributed by atoms with van der Waals surface area (Å²) < 4.78 is 5.41. The maximum atomic E-state index is 11.9. The molecule has 3 rings (SSSR count). The maximum absolute atomic E-state index is 11.9. The van der Waals surface area contributed by atoms with Gasteiger partial charge in [0, 0.05) is 19.0 Å². The molecule has 1 aromatic heterocycles. The first-order valence-electron chi connectivity index (χ1n) is 6.87. The minimum Gasteiger partial charge on any atom is -0.408 e. The van der Waals surface area contributed by atoms with Crippen LogP contribution in [0, 0.1) is 0 Å². The van der Waals surface area contributed by atoms with Gasteiger partial charge in [0.15, 0.2) is 0 Å². The molecule has 2 fully saturated rings. The molecule has 19 heavy (non-hydrogen) atoms. The van der Waals surface area contributed by atoms with Gasteiger partial charge < -0.3 is 9.73 Å². The third-order valence-corrected chi connectivity index (χ3v) is 3.41. The Morgan fingerprint density at radius 1 is 1.37 bits per heavy atom. The fourth-order valence-electron chi connectivity index (χ4n) is 2.20. The second-order valence-electron chi connectivity index (χ2n) is 5.15. The molecule has 1 aromatic rings. The van der Waals surface area contributed by atoms with E-state index in [-0.39, 0.29) is 11.9 Å². The van der Waals surface area contributed by atoms with E-state index >= 15 is 0 Å². The van der Waals surface area contributed by atoms with Crippen LogP contribution < -0.4 is 10.6 Å². The van der Waals surface area contributed by atoms with E-state index in [1.54, 1.807) is 0 Å². The topological polar surface area (TPSA) is 83.3 Å². The van der Waals surface area contributed by atoms with E-state index in [1.165, 1.54) is 0 Å². The normalized spacial score (nSPS) is 21.1. The Bertz CT molecular complexity index is 435. The Balaban J connectivity index is 1.49. The van der Waals surface area contributed by atoms with Gasteiger partial charge in [0.05, 0.1) is 6.54 Å². The maximum Gasteiger partial charge on any atom is 0.322 e. The number of rotatable bonds is 4. The van der Waals surface area contributed by atoms with Crippen molar-refractivity contribution >= 4 is 11.9 Å². The third kappa shape index (κ3) is 3.51. The van der Waals surface area contributed by atoms with Crippen LogP contribution in [0.2, 0.25) is 0 Å². The molecule has 1 aliphatic carbocycles. The van der Waals surface area contributed by atoms with Gasteiger partial charge in [-0.05, 0) is 32.4 Å². The van der Waals surface area contributed by atoms with Crippen LogP contribution in [0.5, 0.6) is 0 Å². The van der Waals surface area contributed by atoms with Crippen molar-refractivity contribution in [3.63, 3.8) is 0 Å². The van der Waals surface area contributed by atoms with Crippen molar-refractivity contribution < 1.29 is 9.21 Å². The molecule has 2 aliphatic rings. The molecule has 1 aliphatic heterocycles. The van der Waals surface area contributed by atoms with Crippen LogP contribution in [-0.4, -0.2) is 53.7 Å². The Morgan fingerprint density at radius 2 is 2.26 bits per heavy atom. The summed E-state index contributed by atoms with van der Waals surface area (Å²) in [4.78, 5) is 14.0. The Hall–Kier alpha value is -1.47. The van der Waals surface area contributed by atoms with Gasteiger partial charge in [0.2, 0.25) is 11.8 Å². The second kappa shape index (κ2) is 5.66. The monoisotopic (exact) mass is 265 g/mol. The molecule has 7 nitrogen and oxygen atoms in total. The highest BCUT2D eigenvalue weighted by Gasteiger charge is 2.29. The molecule has 104 valence electrons. The zero-order valence-electron chi connectivity index (χ0n) is 10.9. The van der Waals surface area contributed by atoms with E-state index in [4.69, 9.17) is 4.42 Å². The van der Waals surface area contributed by atoms with Crippen molar-refractivity contribution in [1.29, 1.82) is 0 Å². The Kier molecular flexibility index (Phi) is 3.74. The van der Waals surface area contributed by atoms with Gasteiger partial charge in [0.25, 0.3) is 0 Å². The van der Waals surface area contributed by atoms with Crippen LogP contribution in [0.15, 0.2) is 4.42 Å². The second-order valence-corrected chi connectivity index (χ2v) is 5.15. The van der Waals surface area contributed by atoms with E-state index in [0.717, 1.165) is 45.4 Å². The Labute approximate surface area is 111 Å². The number of aromatic nitrogens is 2. The van der Waals surface area contributed by atoms with Gasteiger partial charge in [-0.2, -0.15) is 0 Å². The molecular formula is C12H19N5O2. The quantitative estimate of drug-likeness (QED) is 0.808. The number of anilines is 1. The highest BCUT2D eigenvalue weighted by atomic mass is 16.4. The van der Waals surface area contributed by atoms with Crippen molar-refractivity contribution in [2.24, 2.45) is 0 Å². The smallest absolute Gasteiger partial charge is 0.322 e. The minimum absolute atomic E-state index is 0.0899. The molecule has 0 radical (unpaired) electrons. The van der Waals surface area contributed by atoms with Crippen LogP contribution >= 0.6 is 0 Å². The highest BCUT2D eigenvalue weighted by Crippen LogP contribution is 2.39. The fraction of sp³-hybridized carbons (Fsp3) is 0.750. The number of nitrogens with one attached hydrogen (secondary N) is 2. The van der Waals surface area contributed by atoms with Crippen molar-refractivity contribution in [3.05, 3.63) is 5.89 Å². The summed E-state index contributed by atoms with van der Waals surface area (Å²) in [6.07, 6.45) is 3.28. The van der Waals surface area contributed by atoms with E-state index in [1.807, 2.05) is 0 Å². The van der Waals surface area contributed by atoms with Crippen molar-refractivity contribution in [2.45, 2.75) is 25.2 Å². The summed E-state index contributed by atoms with van der Waals surface area (Å²) in [7, 11) is 0. The zero-order chi connectivity index (χ0) is 13.1. The largest absolute Gasteiger partial charge is 0.408 e. The predicted molar refractivity (Wildman–Crippen MR) is 68.8 cm³/mol. The van der Waals surface area contributed by atoms with Crippen LogP contribution in [0.1, 0.15) is 31.1 Å². The molecule has 0 spiro atoms. The van der Waals surface area contributed by atoms with Gasteiger partial charge in [0.1, 0.15) is 0 Å². The van der Waals surface area contributed by atoms with Crippen LogP contribution in [0.3, 0.4) is 0 Å². The molecule has 2 heterocycles. The van der Waals surface area contributed by atoms with Crippen LogP contribution in [0.4, 0.5) is 6.01 Å². The molecule has 0 aromatic carbocycles. The average molecular weight is 265 g/mol. The molecular weight excluding hydrogens is 246 g/mol. The number of nitrogens with zero attached hydrogens (tertiary/aromatic N) is 3. The summed E-state index contributed by atoms with van der Waals surface area (Å²) in [6, 6.07) is 0.222. The lowest BCUT2D eigenvalue weighted by molar-refractivity contribution is -0.117. The Morgan fingerprint density at radius 3 is 3.11 bits per heavy atom. The van der Waals surface area contributed by atoms with Gasteiger partial charge >= 0.3 is 6.01 Å². The molecule has 7 heteroatoms. The summed E-state index contributed by atoms with van der Waals surface area (Å²) in [5.41, 5.74) is 0. The van der Waals surface area contributed by atoms with Gasteiger partial charge in [-0.15, -0.1) is 5.10 Å². The van der Waals surface area contributed by atoms with Gasteiger partial charge in [-0.3, -0.25) is 15.0 Å². The predicted octanol–water partition coefficient (Wildman–Crippen LogP) is 0.181. The molecule has 0 bridgehead atoms. The van der Waals surface area contributed by atoms with Gasteiger partial charge in [-0.25, -0.2) is 0 Å². The highest BCUT2D eigenvalue weighted by molar-refractivity contribution is 5.90. The average Bonchev–Trinajstić information content (AvgIpc) is 3.17. The zero-order valence-corrected chi connectivity index (χ0v) is 10.9. The van der Waals surface area contributed by atoms with E-state index in [0.29, 0.717) is 18.4 Å². The summed E-state index contributed by atoms with van der Waals surface area (Å²) in [6.45, 7) is 4.16. The lowest BCUT2D eigenvalue weighted by atomic mass is 10.4. The summed E-state index contributed by atoms with van der Waals surface area (Å²) >= 11 is 0. The lowest BCUT2D eigenvalue weighted by Crippen LogP contribution is -2.35. The van der Waals surface area contributed by atoms with Crippen molar-refractivity contribution in [1.82, 2.24) is 20.4 Å². The summed E-state index contributed by atoms with van der Waals surface area (Å²) in [5, 5.41) is 13.8. The standard InChI is InChI=1S/C12H19N5O2/c18-10(8-17-6-1-4-13-5-7-17)14-12-16-15-11(19-12)9-2-3-9/h9,13H,1-8H2,(H,14,16,18). The first-order valence-corrected chi connectivity index (χ1v) is 6.87. The molecule has 1 saturated heterocycles. The van der Waals surface area contributed by atoms with E-state index < -0.39 is 0 Å². The number of amides is 1. The van der Waals surface area contributed by atoms with Crippen LogP contribution in [0.25, 0.3) is 0 Å². The van der Waals surface area contributed by atoms with E-state index in [9.17, 15) is 4.79 Å². The summed E-state index contributed by atoms with van der Waals surface area (Å²) in [5.74, 6) is 0.969. The number of hydrogen-bond donors (Lipinski definition) is 2. The first kappa shape index (κ1) is 12.6. The number of carbonyl (C=O) groups excluding carboxylic acids is 1. The molecule has 1 amide bonds. The van der Waals surface area contributed by atoms with Crippen LogP contribution in [-0.2, 0) is 4.79 Å². The lowest BCUT2D eigenvalue weighted by Gasteiger charge is -2.17. The number of hydrogen-bond acceptors (Lipinski definition) is 6. The minimum atomic E-state index is -0.0899. The molecule has 0 atom stereocenters. The SMILES string of the molecule is O=C(CN1CCCNCC1)Nc1nnc(C2CC2)o1. The third-order valence-electron chi connectivity index (χ3n) is 3.41. The fourth-order valence-corrected chi connectivity index (χ4v) is 2.20. The first-order chi connectivity index (χ1) is 9.31. The molecule has 2 N–H and O–H groups in total. The number of carbonyl (C=O) groups is 1. The van der Waals surface area contributed by atoms with Crippen molar-refractivity contribution in [2.75, 3.05) is 38.0 Å². The molecule has 1 saturated carbocycles. The van der Waals surface area contributed by atoms with Gasteiger partial charge in [-0.1, -0.05) is 5.10 Å².